The Bertz CT molecular complexity index is 989. The van der Waals surface area contributed by atoms with Gasteiger partial charge in [-0.3, -0.25) is 4.79 Å². The molecular formula is C20H15N3O. The Labute approximate surface area is 139 Å². The van der Waals surface area contributed by atoms with Gasteiger partial charge in [0.05, 0.1) is 6.33 Å². The molecule has 0 bridgehead atoms. The zero-order valence-corrected chi connectivity index (χ0v) is 12.9. The molecule has 0 atom stereocenters. The number of imidazole rings is 1. The van der Waals surface area contributed by atoms with Gasteiger partial charge in [0.25, 0.3) is 5.91 Å². The third-order valence-electron chi connectivity index (χ3n) is 3.94. The summed E-state index contributed by atoms with van der Waals surface area (Å²) in [4.78, 5) is 16.5. The molecule has 0 radical (unpaired) electrons. The summed E-state index contributed by atoms with van der Waals surface area (Å²) in [5.74, 6) is -0.115. The van der Waals surface area contributed by atoms with Crippen LogP contribution in [0.1, 0.15) is 10.4 Å². The molecule has 4 nitrogen and oxygen atoms in total. The standard InChI is InChI=1S/C20H15N3O/c24-20(17-6-5-15-3-1-2-4-16(15)13-17)22-18-7-9-19(10-8-18)23-12-11-21-14-23/h1-14H,(H,22,24). The third kappa shape index (κ3) is 2.77. The Morgan fingerprint density at radius 2 is 1.71 bits per heavy atom. The summed E-state index contributed by atoms with van der Waals surface area (Å²) in [6.45, 7) is 0. The van der Waals surface area contributed by atoms with Crippen molar-refractivity contribution in [3.63, 3.8) is 0 Å². The number of rotatable bonds is 3. The highest BCUT2D eigenvalue weighted by Crippen LogP contribution is 2.18. The minimum atomic E-state index is -0.115. The summed E-state index contributed by atoms with van der Waals surface area (Å²) in [6.07, 6.45) is 5.35. The maximum absolute atomic E-state index is 12.4. The van der Waals surface area contributed by atoms with Gasteiger partial charge in [-0.15, -0.1) is 0 Å². The first kappa shape index (κ1) is 14.2. The molecule has 1 heterocycles. The van der Waals surface area contributed by atoms with Crippen LogP contribution in [0.25, 0.3) is 16.5 Å². The lowest BCUT2D eigenvalue weighted by atomic mass is 10.1. The van der Waals surface area contributed by atoms with Gasteiger partial charge in [0, 0.05) is 29.3 Å². The molecule has 3 aromatic carbocycles. The van der Waals surface area contributed by atoms with Crippen LogP contribution in [0.2, 0.25) is 0 Å². The number of amides is 1. The summed E-state index contributed by atoms with van der Waals surface area (Å²) in [6, 6.07) is 21.4. The lowest BCUT2D eigenvalue weighted by Crippen LogP contribution is -2.11. The molecule has 0 saturated carbocycles. The number of aromatic nitrogens is 2. The molecule has 0 fully saturated rings. The number of fused-ring (bicyclic) bond motifs is 1. The Hall–Kier alpha value is -3.40. The molecule has 0 aliphatic carbocycles. The third-order valence-corrected chi connectivity index (χ3v) is 3.94. The van der Waals surface area contributed by atoms with Gasteiger partial charge in [-0.25, -0.2) is 4.98 Å². The highest BCUT2D eigenvalue weighted by Gasteiger charge is 2.07. The molecule has 0 saturated heterocycles. The van der Waals surface area contributed by atoms with Crippen molar-refractivity contribution in [2.75, 3.05) is 5.32 Å². The normalized spacial score (nSPS) is 10.7. The Morgan fingerprint density at radius 1 is 0.917 bits per heavy atom. The van der Waals surface area contributed by atoms with Crippen LogP contribution in [0.4, 0.5) is 5.69 Å². The molecule has 0 aliphatic heterocycles. The molecule has 4 rings (SSSR count). The van der Waals surface area contributed by atoms with Crippen molar-refractivity contribution >= 4 is 22.4 Å². The van der Waals surface area contributed by atoms with Crippen molar-refractivity contribution in [1.82, 2.24) is 9.55 Å². The van der Waals surface area contributed by atoms with E-state index in [4.69, 9.17) is 0 Å². The monoisotopic (exact) mass is 313 g/mol. The second kappa shape index (κ2) is 6.01. The lowest BCUT2D eigenvalue weighted by Gasteiger charge is -2.08. The summed E-state index contributed by atoms with van der Waals surface area (Å²) >= 11 is 0. The molecule has 0 spiro atoms. The molecular weight excluding hydrogens is 298 g/mol. The van der Waals surface area contributed by atoms with Crippen molar-refractivity contribution < 1.29 is 4.79 Å². The van der Waals surface area contributed by atoms with Crippen molar-refractivity contribution in [3.8, 4) is 5.69 Å². The number of hydrogen-bond donors (Lipinski definition) is 1. The van der Waals surface area contributed by atoms with Crippen LogP contribution in [-0.2, 0) is 0 Å². The van der Waals surface area contributed by atoms with E-state index in [0.29, 0.717) is 5.56 Å². The zero-order valence-electron chi connectivity index (χ0n) is 12.9. The van der Waals surface area contributed by atoms with E-state index in [1.54, 1.807) is 12.5 Å². The fourth-order valence-corrected chi connectivity index (χ4v) is 2.66. The van der Waals surface area contributed by atoms with Crippen molar-refractivity contribution in [2.24, 2.45) is 0 Å². The van der Waals surface area contributed by atoms with Crippen molar-refractivity contribution in [2.45, 2.75) is 0 Å². The molecule has 1 N–H and O–H groups in total. The molecule has 0 unspecified atom stereocenters. The Kier molecular flexibility index (Phi) is 3.56. The number of benzene rings is 3. The summed E-state index contributed by atoms with van der Waals surface area (Å²) in [5, 5.41) is 5.11. The Balaban J connectivity index is 1.54. The Morgan fingerprint density at radius 3 is 2.46 bits per heavy atom. The van der Waals surface area contributed by atoms with Crippen LogP contribution in [0, 0.1) is 0 Å². The second-order valence-corrected chi connectivity index (χ2v) is 5.53. The molecule has 1 aromatic heterocycles. The van der Waals surface area contributed by atoms with E-state index in [9.17, 15) is 4.79 Å². The number of carbonyl (C=O) groups is 1. The van der Waals surface area contributed by atoms with Gasteiger partial charge in [0.2, 0.25) is 0 Å². The van der Waals surface area contributed by atoms with Crippen molar-refractivity contribution in [1.29, 1.82) is 0 Å². The average Bonchev–Trinajstić information content (AvgIpc) is 3.16. The van der Waals surface area contributed by atoms with E-state index in [0.717, 1.165) is 22.1 Å². The van der Waals surface area contributed by atoms with E-state index < -0.39 is 0 Å². The minimum absolute atomic E-state index is 0.115. The van der Waals surface area contributed by atoms with Crippen molar-refractivity contribution in [3.05, 3.63) is 91.0 Å². The summed E-state index contributed by atoms with van der Waals surface area (Å²) in [7, 11) is 0. The molecule has 4 heteroatoms. The lowest BCUT2D eigenvalue weighted by molar-refractivity contribution is 0.102. The van der Waals surface area contributed by atoms with Gasteiger partial charge in [-0.1, -0.05) is 30.3 Å². The van der Waals surface area contributed by atoms with Gasteiger partial charge >= 0.3 is 0 Å². The molecule has 0 aliphatic rings. The molecule has 24 heavy (non-hydrogen) atoms. The van der Waals surface area contributed by atoms with Crippen LogP contribution in [0.15, 0.2) is 85.5 Å². The number of anilines is 1. The predicted molar refractivity (Wildman–Crippen MR) is 95.5 cm³/mol. The van der Waals surface area contributed by atoms with E-state index >= 15 is 0 Å². The average molecular weight is 313 g/mol. The van der Waals surface area contributed by atoms with Gasteiger partial charge in [-0.2, -0.15) is 0 Å². The van der Waals surface area contributed by atoms with E-state index in [1.165, 1.54) is 0 Å². The number of hydrogen-bond acceptors (Lipinski definition) is 2. The van der Waals surface area contributed by atoms with Crippen LogP contribution in [0.5, 0.6) is 0 Å². The van der Waals surface area contributed by atoms with Gasteiger partial charge < -0.3 is 9.88 Å². The van der Waals surface area contributed by atoms with Crippen LogP contribution in [0.3, 0.4) is 0 Å². The van der Waals surface area contributed by atoms with Gasteiger partial charge in [0.1, 0.15) is 0 Å². The number of nitrogens with zero attached hydrogens (tertiary/aromatic N) is 2. The second-order valence-electron chi connectivity index (χ2n) is 5.53. The first-order valence-electron chi connectivity index (χ1n) is 7.68. The van der Waals surface area contributed by atoms with E-state index in [2.05, 4.69) is 10.3 Å². The van der Waals surface area contributed by atoms with Gasteiger partial charge in [0.15, 0.2) is 0 Å². The largest absolute Gasteiger partial charge is 0.322 e. The maximum Gasteiger partial charge on any atom is 0.255 e. The highest BCUT2D eigenvalue weighted by atomic mass is 16.1. The van der Waals surface area contributed by atoms with Crippen LogP contribution >= 0.6 is 0 Å². The first-order chi connectivity index (χ1) is 11.8. The molecule has 1 amide bonds. The molecule has 116 valence electrons. The summed E-state index contributed by atoms with van der Waals surface area (Å²) < 4.78 is 1.91. The smallest absolute Gasteiger partial charge is 0.255 e. The van der Waals surface area contributed by atoms with Crippen LogP contribution in [-0.4, -0.2) is 15.5 Å². The highest BCUT2D eigenvalue weighted by molar-refractivity contribution is 6.06. The quantitative estimate of drug-likeness (QED) is 0.614. The molecule has 4 aromatic rings. The van der Waals surface area contributed by atoms with Gasteiger partial charge in [-0.05, 0) is 47.2 Å². The van der Waals surface area contributed by atoms with E-state index in [-0.39, 0.29) is 5.91 Å². The zero-order chi connectivity index (χ0) is 16.4. The maximum atomic E-state index is 12.4. The van der Waals surface area contributed by atoms with Crippen LogP contribution < -0.4 is 5.32 Å². The fourth-order valence-electron chi connectivity index (χ4n) is 2.66. The fraction of sp³-hybridized carbons (Fsp3) is 0. The summed E-state index contributed by atoms with van der Waals surface area (Å²) in [5.41, 5.74) is 2.40. The SMILES string of the molecule is O=C(Nc1ccc(-n2ccnc2)cc1)c1ccc2ccccc2c1. The van der Waals surface area contributed by atoms with E-state index in [1.807, 2.05) is 77.5 Å². The first-order valence-corrected chi connectivity index (χ1v) is 7.68. The predicted octanol–water partition coefficient (Wildman–Crippen LogP) is 4.28. The topological polar surface area (TPSA) is 46.9 Å². The minimum Gasteiger partial charge on any atom is -0.322 e. The number of nitrogens with one attached hydrogen (secondary N) is 1. The number of carbonyl (C=O) groups excluding carboxylic acids is 1.